The van der Waals surface area contributed by atoms with Gasteiger partial charge in [0, 0.05) is 87.3 Å². The number of nitrogens with one attached hydrogen (secondary N) is 1. The Bertz CT molecular complexity index is 1980. The summed E-state index contributed by atoms with van der Waals surface area (Å²) in [7, 11) is 0. The number of piperidine rings is 1. The van der Waals surface area contributed by atoms with Crippen molar-refractivity contribution in [3.8, 4) is 17.1 Å². The number of nitrogens with zero attached hydrogens (tertiary/aromatic N) is 5. The Morgan fingerprint density at radius 3 is 1.94 bits per heavy atom. The van der Waals surface area contributed by atoms with E-state index in [0.29, 0.717) is 12.1 Å². The Kier molecular flexibility index (Phi) is 10.5. The first-order valence-corrected chi connectivity index (χ1v) is 19.3. The van der Waals surface area contributed by atoms with Crippen LogP contribution in [0, 0.1) is 0 Å². The molecule has 0 unspecified atom stereocenters. The van der Waals surface area contributed by atoms with Crippen molar-refractivity contribution in [2.24, 2.45) is 0 Å². The maximum atomic E-state index is 5.22. The summed E-state index contributed by atoms with van der Waals surface area (Å²) in [6, 6.07) is 49.5. The number of aromatic nitrogens is 2. The summed E-state index contributed by atoms with van der Waals surface area (Å²) in [5.41, 5.74) is 9.52. The van der Waals surface area contributed by atoms with Crippen LogP contribution in [-0.4, -0.2) is 83.8 Å². The van der Waals surface area contributed by atoms with Gasteiger partial charge >= 0.3 is 0 Å². The van der Waals surface area contributed by atoms with Gasteiger partial charge in [0.1, 0.15) is 5.82 Å². The molecule has 2 fully saturated rings. The summed E-state index contributed by atoms with van der Waals surface area (Å²) in [4.78, 5) is 13.0. The Morgan fingerprint density at radius 2 is 1.27 bits per heavy atom. The molecule has 0 radical (unpaired) electrons. The molecule has 0 spiro atoms. The van der Waals surface area contributed by atoms with Crippen molar-refractivity contribution in [3.05, 3.63) is 150 Å². The number of para-hydroxylation sites is 2. The maximum Gasteiger partial charge on any atom is 0.145 e. The van der Waals surface area contributed by atoms with Crippen LogP contribution in [0.2, 0.25) is 0 Å². The van der Waals surface area contributed by atoms with Crippen LogP contribution in [0.1, 0.15) is 49.3 Å². The van der Waals surface area contributed by atoms with Gasteiger partial charge < -0.3 is 10.2 Å². The zero-order valence-corrected chi connectivity index (χ0v) is 30.7. The van der Waals surface area contributed by atoms with Crippen molar-refractivity contribution >= 4 is 16.7 Å². The molecule has 6 nitrogen and oxygen atoms in total. The van der Waals surface area contributed by atoms with Crippen LogP contribution >= 0.6 is 0 Å². The van der Waals surface area contributed by atoms with Crippen molar-refractivity contribution < 1.29 is 0 Å². The van der Waals surface area contributed by atoms with Crippen LogP contribution in [0.3, 0.4) is 0 Å². The molecule has 0 atom stereocenters. The third-order valence-electron chi connectivity index (χ3n) is 11.3. The molecule has 8 rings (SSSR count). The predicted octanol–water partition coefficient (Wildman–Crippen LogP) is 8.46. The lowest BCUT2D eigenvalue weighted by Gasteiger charge is -2.37. The van der Waals surface area contributed by atoms with E-state index in [-0.39, 0.29) is 5.92 Å². The number of piperazine rings is 1. The highest BCUT2D eigenvalue weighted by atomic mass is 15.3. The largest absolute Gasteiger partial charge is 0.371 e. The van der Waals surface area contributed by atoms with Gasteiger partial charge in [0.05, 0.1) is 11.0 Å². The van der Waals surface area contributed by atoms with Crippen molar-refractivity contribution in [3.63, 3.8) is 0 Å². The zero-order valence-electron chi connectivity index (χ0n) is 30.7. The Morgan fingerprint density at radius 1 is 0.635 bits per heavy atom. The summed E-state index contributed by atoms with van der Waals surface area (Å²) >= 11 is 0. The lowest BCUT2D eigenvalue weighted by Crippen LogP contribution is -2.51. The molecular weight excluding hydrogens is 637 g/mol. The smallest absolute Gasteiger partial charge is 0.145 e. The second-order valence-electron chi connectivity index (χ2n) is 14.8. The maximum absolute atomic E-state index is 5.22. The third kappa shape index (κ3) is 7.56. The van der Waals surface area contributed by atoms with Crippen LogP contribution < -0.4 is 10.2 Å². The van der Waals surface area contributed by atoms with E-state index in [2.05, 4.69) is 172 Å². The minimum Gasteiger partial charge on any atom is -0.371 e. The number of anilines is 1. The molecule has 3 heterocycles. The standard InChI is InChI=1S/C46H52N6/c1-35(2)50-32-30-49(31-33-50)29-26-47-40-24-27-51(28-25-40)42-17-11-16-39(34-42)46-48-43-18-9-10-19-44(43)52(46)41-22-20-38(21-23-41)45(36-12-5-3-6-13-36)37-14-7-4-8-15-37/h3-23,34-35,40,45,47H,24-33H2,1-2H3. The van der Waals surface area contributed by atoms with Crippen LogP contribution in [0.25, 0.3) is 28.1 Å². The van der Waals surface area contributed by atoms with Crippen LogP contribution in [0.5, 0.6) is 0 Å². The van der Waals surface area contributed by atoms with Gasteiger partial charge in [-0.15, -0.1) is 0 Å². The molecule has 0 amide bonds. The summed E-state index contributed by atoms with van der Waals surface area (Å²) in [6.45, 7) is 13.8. The predicted molar refractivity (Wildman–Crippen MR) is 217 cm³/mol. The van der Waals surface area contributed by atoms with E-state index in [1.807, 2.05) is 0 Å². The summed E-state index contributed by atoms with van der Waals surface area (Å²) in [5, 5.41) is 3.89. The fraction of sp³-hybridized carbons (Fsp3) is 0.326. The van der Waals surface area contributed by atoms with Gasteiger partial charge in [0.15, 0.2) is 0 Å². The molecule has 2 aliphatic rings. The molecule has 0 bridgehead atoms. The zero-order chi connectivity index (χ0) is 35.3. The fourth-order valence-electron chi connectivity index (χ4n) is 8.28. The monoisotopic (exact) mass is 688 g/mol. The van der Waals surface area contributed by atoms with E-state index >= 15 is 0 Å². The Labute approximate surface area is 309 Å². The highest BCUT2D eigenvalue weighted by molar-refractivity contribution is 5.83. The molecule has 266 valence electrons. The average molecular weight is 689 g/mol. The number of rotatable bonds is 11. The number of benzene rings is 5. The first kappa shape index (κ1) is 34.3. The second-order valence-corrected chi connectivity index (χ2v) is 14.8. The van der Waals surface area contributed by atoms with Crippen LogP contribution in [0.4, 0.5) is 5.69 Å². The van der Waals surface area contributed by atoms with Crippen LogP contribution in [-0.2, 0) is 0 Å². The molecule has 1 aromatic heterocycles. The van der Waals surface area contributed by atoms with Gasteiger partial charge in [0.25, 0.3) is 0 Å². The number of fused-ring (bicyclic) bond motifs is 1. The Hall–Kier alpha value is -4.75. The van der Waals surface area contributed by atoms with Crippen molar-refractivity contribution in [1.29, 1.82) is 0 Å². The first-order chi connectivity index (χ1) is 25.6. The number of imidazole rings is 1. The highest BCUT2D eigenvalue weighted by Crippen LogP contribution is 2.35. The molecule has 52 heavy (non-hydrogen) atoms. The molecule has 5 aromatic carbocycles. The molecule has 6 aromatic rings. The summed E-state index contributed by atoms with van der Waals surface area (Å²) in [5.74, 6) is 1.14. The lowest BCUT2D eigenvalue weighted by atomic mass is 9.85. The first-order valence-electron chi connectivity index (χ1n) is 19.3. The molecule has 1 N–H and O–H groups in total. The lowest BCUT2D eigenvalue weighted by molar-refractivity contribution is 0.108. The van der Waals surface area contributed by atoms with E-state index in [0.717, 1.165) is 54.3 Å². The SMILES string of the molecule is CC(C)N1CCN(CCNC2CCN(c3cccc(-c4nc5ccccc5n4-c4ccc(C(c5ccccc5)c5ccccc5)cc4)c3)CC2)CC1. The summed E-state index contributed by atoms with van der Waals surface area (Å²) in [6.07, 6.45) is 2.34. The number of hydrogen-bond donors (Lipinski definition) is 1. The van der Waals surface area contributed by atoms with Gasteiger partial charge in [-0.25, -0.2) is 4.98 Å². The molecule has 6 heteroatoms. The fourth-order valence-corrected chi connectivity index (χ4v) is 8.28. The molecular formula is C46H52N6. The Balaban J connectivity index is 0.983. The quantitative estimate of drug-likeness (QED) is 0.138. The second kappa shape index (κ2) is 15.9. The third-order valence-corrected chi connectivity index (χ3v) is 11.3. The van der Waals surface area contributed by atoms with Gasteiger partial charge in [-0.3, -0.25) is 14.4 Å². The summed E-state index contributed by atoms with van der Waals surface area (Å²) < 4.78 is 2.33. The minimum absolute atomic E-state index is 0.164. The molecule has 2 aliphatic heterocycles. The normalized spacial score (nSPS) is 16.3. The minimum atomic E-state index is 0.164. The van der Waals surface area contributed by atoms with Gasteiger partial charge in [-0.1, -0.05) is 97.1 Å². The van der Waals surface area contributed by atoms with Crippen molar-refractivity contribution in [2.75, 3.05) is 57.3 Å². The van der Waals surface area contributed by atoms with Crippen molar-refractivity contribution in [1.82, 2.24) is 24.7 Å². The average Bonchev–Trinajstić information content (AvgIpc) is 3.60. The van der Waals surface area contributed by atoms with Gasteiger partial charge in [-0.05, 0) is 79.8 Å². The number of hydrogen-bond acceptors (Lipinski definition) is 5. The van der Waals surface area contributed by atoms with E-state index in [1.54, 1.807) is 0 Å². The molecule has 2 saturated heterocycles. The van der Waals surface area contributed by atoms with Crippen LogP contribution in [0.15, 0.2) is 133 Å². The highest BCUT2D eigenvalue weighted by Gasteiger charge is 2.23. The van der Waals surface area contributed by atoms with E-state index < -0.39 is 0 Å². The van der Waals surface area contributed by atoms with E-state index in [1.165, 1.54) is 61.4 Å². The molecule has 0 aliphatic carbocycles. The van der Waals surface area contributed by atoms with E-state index in [4.69, 9.17) is 4.98 Å². The van der Waals surface area contributed by atoms with Gasteiger partial charge in [-0.2, -0.15) is 0 Å². The van der Waals surface area contributed by atoms with Gasteiger partial charge in [0.2, 0.25) is 0 Å². The van der Waals surface area contributed by atoms with E-state index in [9.17, 15) is 0 Å². The molecule has 0 saturated carbocycles. The topological polar surface area (TPSA) is 39.6 Å². The van der Waals surface area contributed by atoms with Crippen molar-refractivity contribution in [2.45, 2.75) is 44.7 Å².